The SMILES string of the molecule is O=C1COc2ccc(C3NC(=O)NC(CCc4ccc5c(c4)OCO5)=C3c3nc(C4CCCCC4)cs3)cc2N1. The molecule has 40 heavy (non-hydrogen) atoms. The smallest absolute Gasteiger partial charge is 0.319 e. The van der Waals surface area contributed by atoms with E-state index in [1.807, 2.05) is 36.4 Å². The van der Waals surface area contributed by atoms with Crippen molar-refractivity contribution in [3.8, 4) is 17.2 Å². The van der Waals surface area contributed by atoms with E-state index in [2.05, 4.69) is 21.3 Å². The predicted molar refractivity (Wildman–Crippen MR) is 151 cm³/mol. The topological polar surface area (TPSA) is 111 Å². The van der Waals surface area contributed by atoms with Gasteiger partial charge in [-0.15, -0.1) is 11.3 Å². The van der Waals surface area contributed by atoms with E-state index in [9.17, 15) is 9.59 Å². The molecule has 0 spiro atoms. The zero-order chi connectivity index (χ0) is 27.1. The van der Waals surface area contributed by atoms with Crippen molar-refractivity contribution >= 4 is 34.5 Å². The number of urea groups is 1. The van der Waals surface area contributed by atoms with E-state index in [1.165, 1.54) is 32.1 Å². The molecule has 0 bridgehead atoms. The van der Waals surface area contributed by atoms with Gasteiger partial charge >= 0.3 is 6.03 Å². The van der Waals surface area contributed by atoms with Gasteiger partial charge in [-0.05, 0) is 61.1 Å². The molecule has 9 nitrogen and oxygen atoms in total. The zero-order valence-corrected chi connectivity index (χ0v) is 22.8. The van der Waals surface area contributed by atoms with Crippen molar-refractivity contribution in [2.24, 2.45) is 0 Å². The van der Waals surface area contributed by atoms with Gasteiger partial charge in [0, 0.05) is 22.6 Å². The predicted octanol–water partition coefficient (Wildman–Crippen LogP) is 5.65. The fourth-order valence-corrected chi connectivity index (χ4v) is 6.96. The molecule has 1 atom stereocenters. The van der Waals surface area contributed by atoms with Crippen LogP contribution in [0.3, 0.4) is 0 Å². The van der Waals surface area contributed by atoms with Crippen LogP contribution in [0.1, 0.15) is 72.3 Å². The maximum Gasteiger partial charge on any atom is 0.319 e. The van der Waals surface area contributed by atoms with E-state index in [-0.39, 0.29) is 25.3 Å². The average Bonchev–Trinajstić information content (AvgIpc) is 3.66. The number of amides is 3. The number of aromatic nitrogens is 1. The van der Waals surface area contributed by atoms with Crippen LogP contribution in [-0.4, -0.2) is 30.3 Å². The first kappa shape index (κ1) is 25.0. The number of carbonyl (C=O) groups excluding carboxylic acids is 2. The summed E-state index contributed by atoms with van der Waals surface area (Å²) in [6.45, 7) is 0.228. The highest BCUT2D eigenvalue weighted by molar-refractivity contribution is 7.10. The van der Waals surface area contributed by atoms with E-state index in [0.29, 0.717) is 30.2 Å². The second-order valence-electron chi connectivity index (χ2n) is 10.6. The van der Waals surface area contributed by atoms with Crippen LogP contribution in [0.5, 0.6) is 17.2 Å². The molecular formula is C30H30N4O5S. The molecule has 1 aromatic heterocycles. The van der Waals surface area contributed by atoms with Gasteiger partial charge in [0.2, 0.25) is 6.79 Å². The third-order valence-electron chi connectivity index (χ3n) is 8.00. The van der Waals surface area contributed by atoms with E-state index in [4.69, 9.17) is 19.2 Å². The van der Waals surface area contributed by atoms with Gasteiger partial charge in [0.15, 0.2) is 18.1 Å². The maximum atomic E-state index is 13.0. The lowest BCUT2D eigenvalue weighted by Crippen LogP contribution is -2.43. The van der Waals surface area contributed by atoms with E-state index in [1.54, 1.807) is 11.3 Å². The van der Waals surface area contributed by atoms with Crippen molar-refractivity contribution in [2.75, 3.05) is 18.7 Å². The standard InChI is InChI=1S/C30H30N4O5S/c35-26-14-37-23-11-8-19(13-21(23)31-26)28-27(29-32-22(15-40-29)18-4-2-1-3-5-18)20(33-30(36)34-28)9-6-17-7-10-24-25(12-17)39-16-38-24/h7-8,10-13,15,18,28H,1-6,9,14,16H2,(H,31,35)(H2,33,34,36). The Balaban J connectivity index is 1.26. The number of aryl methyl sites for hydroxylation is 1. The number of rotatable bonds is 6. The van der Waals surface area contributed by atoms with Crippen molar-refractivity contribution in [2.45, 2.75) is 56.9 Å². The third kappa shape index (κ3) is 4.88. The number of carbonyl (C=O) groups is 2. The molecule has 0 saturated heterocycles. The molecule has 4 aliphatic rings. The monoisotopic (exact) mass is 558 g/mol. The number of fused-ring (bicyclic) bond motifs is 2. The van der Waals surface area contributed by atoms with Gasteiger partial charge in [0.05, 0.1) is 17.4 Å². The van der Waals surface area contributed by atoms with Crippen molar-refractivity contribution < 1.29 is 23.8 Å². The third-order valence-corrected chi connectivity index (χ3v) is 8.89. The van der Waals surface area contributed by atoms with Crippen LogP contribution in [0.15, 0.2) is 47.5 Å². The number of nitrogens with one attached hydrogen (secondary N) is 3. The summed E-state index contributed by atoms with van der Waals surface area (Å²) in [7, 11) is 0. The quantitative estimate of drug-likeness (QED) is 0.361. The molecule has 1 saturated carbocycles. The molecule has 10 heteroatoms. The number of hydrogen-bond donors (Lipinski definition) is 3. The Bertz CT molecular complexity index is 1510. The second-order valence-corrected chi connectivity index (χ2v) is 11.5. The minimum Gasteiger partial charge on any atom is -0.482 e. The molecule has 3 amide bonds. The fraction of sp³-hybridized carbons (Fsp3) is 0.367. The molecule has 3 aromatic rings. The molecule has 1 fully saturated rings. The number of hydrogen-bond acceptors (Lipinski definition) is 7. The molecule has 1 aliphatic carbocycles. The number of benzene rings is 2. The molecular weight excluding hydrogens is 528 g/mol. The summed E-state index contributed by atoms with van der Waals surface area (Å²) in [4.78, 5) is 30.1. The lowest BCUT2D eigenvalue weighted by Gasteiger charge is -2.31. The van der Waals surface area contributed by atoms with Crippen LogP contribution in [0.2, 0.25) is 0 Å². The van der Waals surface area contributed by atoms with Crippen molar-refractivity contribution in [1.29, 1.82) is 0 Å². The van der Waals surface area contributed by atoms with Gasteiger partial charge in [-0.1, -0.05) is 31.4 Å². The number of nitrogens with zero attached hydrogens (tertiary/aromatic N) is 1. The summed E-state index contributed by atoms with van der Waals surface area (Å²) in [6.07, 6.45) is 7.43. The minimum absolute atomic E-state index is 0.00531. The fourth-order valence-electron chi connectivity index (χ4n) is 5.96. The minimum atomic E-state index is -0.435. The van der Waals surface area contributed by atoms with E-state index in [0.717, 1.165) is 44.6 Å². The largest absolute Gasteiger partial charge is 0.482 e. The second kappa shape index (κ2) is 10.5. The van der Waals surface area contributed by atoms with Gasteiger partial charge < -0.3 is 30.2 Å². The molecule has 3 aliphatic heterocycles. The van der Waals surface area contributed by atoms with E-state index < -0.39 is 6.04 Å². The first-order chi connectivity index (χ1) is 19.6. The Labute approximate surface area is 235 Å². The molecule has 206 valence electrons. The van der Waals surface area contributed by atoms with Crippen molar-refractivity contribution in [3.05, 3.63) is 69.3 Å². The summed E-state index contributed by atoms with van der Waals surface area (Å²) >= 11 is 1.63. The van der Waals surface area contributed by atoms with Crippen LogP contribution >= 0.6 is 11.3 Å². The summed E-state index contributed by atoms with van der Waals surface area (Å²) < 4.78 is 16.6. The van der Waals surface area contributed by atoms with Crippen LogP contribution in [0, 0.1) is 0 Å². The summed E-state index contributed by atoms with van der Waals surface area (Å²) in [5.41, 5.74) is 5.48. The van der Waals surface area contributed by atoms with Crippen LogP contribution in [0.25, 0.3) is 5.57 Å². The summed E-state index contributed by atoms with van der Waals surface area (Å²) in [5.74, 6) is 2.40. The molecule has 1 unspecified atom stereocenters. The summed E-state index contributed by atoms with van der Waals surface area (Å²) in [5, 5.41) is 12.2. The first-order valence-corrected chi connectivity index (χ1v) is 14.7. The van der Waals surface area contributed by atoms with Gasteiger partial charge in [-0.3, -0.25) is 4.79 Å². The average molecular weight is 559 g/mol. The van der Waals surface area contributed by atoms with Gasteiger partial charge in [0.1, 0.15) is 10.8 Å². The number of ether oxygens (including phenoxy) is 3. The van der Waals surface area contributed by atoms with E-state index >= 15 is 0 Å². The number of anilines is 1. The Morgan fingerprint density at radius 2 is 1.75 bits per heavy atom. The Morgan fingerprint density at radius 1 is 0.900 bits per heavy atom. The van der Waals surface area contributed by atoms with Crippen LogP contribution < -0.4 is 30.2 Å². The van der Waals surface area contributed by atoms with Gasteiger partial charge in [-0.25, -0.2) is 9.78 Å². The maximum absolute atomic E-state index is 13.0. The highest BCUT2D eigenvalue weighted by atomic mass is 32.1. The normalized spacial score (nSPS) is 20.4. The van der Waals surface area contributed by atoms with Gasteiger partial charge in [0.25, 0.3) is 5.91 Å². The highest BCUT2D eigenvalue weighted by Gasteiger charge is 2.33. The molecule has 3 N–H and O–H groups in total. The number of allylic oxidation sites excluding steroid dienone is 1. The first-order valence-electron chi connectivity index (χ1n) is 13.8. The lowest BCUT2D eigenvalue weighted by atomic mass is 9.87. The Hall–Kier alpha value is -4.05. The van der Waals surface area contributed by atoms with Crippen LogP contribution in [0.4, 0.5) is 10.5 Å². The lowest BCUT2D eigenvalue weighted by molar-refractivity contribution is -0.118. The highest BCUT2D eigenvalue weighted by Crippen LogP contribution is 2.42. The molecule has 0 radical (unpaired) electrons. The van der Waals surface area contributed by atoms with Gasteiger partial charge in [-0.2, -0.15) is 0 Å². The molecule has 2 aromatic carbocycles. The van der Waals surface area contributed by atoms with Crippen molar-refractivity contribution in [3.63, 3.8) is 0 Å². The van der Waals surface area contributed by atoms with Crippen LogP contribution in [-0.2, 0) is 11.2 Å². The molecule has 7 rings (SSSR count). The number of thiazole rings is 1. The Morgan fingerprint density at radius 3 is 2.65 bits per heavy atom. The Kier molecular flexibility index (Phi) is 6.55. The zero-order valence-electron chi connectivity index (χ0n) is 22.0. The van der Waals surface area contributed by atoms with Crippen molar-refractivity contribution in [1.82, 2.24) is 15.6 Å². The molecule has 4 heterocycles. The summed E-state index contributed by atoms with van der Waals surface area (Å²) in [6, 6.07) is 10.9.